The molecule has 5 heteroatoms. The Morgan fingerprint density at radius 1 is 1.39 bits per heavy atom. The third-order valence-corrected chi connectivity index (χ3v) is 2.86. The summed E-state index contributed by atoms with van der Waals surface area (Å²) in [5, 5.41) is 0. The van der Waals surface area contributed by atoms with Crippen molar-refractivity contribution >= 4 is 11.6 Å². The van der Waals surface area contributed by atoms with E-state index in [4.69, 9.17) is 4.74 Å². The molecule has 2 heterocycles. The minimum absolute atomic E-state index is 0.0982. The number of anilines is 1. The van der Waals surface area contributed by atoms with Crippen molar-refractivity contribution in [3.63, 3.8) is 0 Å². The van der Waals surface area contributed by atoms with Gasteiger partial charge < -0.3 is 14.5 Å². The number of carbonyl (C=O) groups is 1. The second kappa shape index (κ2) is 5.93. The van der Waals surface area contributed by atoms with Gasteiger partial charge in [0.2, 0.25) is 0 Å². The van der Waals surface area contributed by atoms with Crippen molar-refractivity contribution < 1.29 is 9.53 Å². The summed E-state index contributed by atoms with van der Waals surface area (Å²) in [7, 11) is 3.76. The maximum absolute atomic E-state index is 11.8. The Hall–Kier alpha value is -1.46. The van der Waals surface area contributed by atoms with E-state index in [-0.39, 0.29) is 5.78 Å². The van der Waals surface area contributed by atoms with Gasteiger partial charge in [-0.2, -0.15) is 0 Å². The molecule has 0 saturated carbocycles. The molecule has 1 fully saturated rings. The number of ether oxygens (including phenoxy) is 1. The number of ketones is 1. The van der Waals surface area contributed by atoms with Crippen LogP contribution in [0.1, 0.15) is 10.4 Å². The quantitative estimate of drug-likeness (QED) is 0.734. The lowest BCUT2D eigenvalue weighted by Gasteiger charge is -2.27. The first-order valence-corrected chi connectivity index (χ1v) is 6.13. The van der Waals surface area contributed by atoms with Gasteiger partial charge in [-0.05, 0) is 26.2 Å². The van der Waals surface area contributed by atoms with Gasteiger partial charge >= 0.3 is 0 Å². The molecule has 0 amide bonds. The fraction of sp³-hybridized carbons (Fsp3) is 0.538. The summed E-state index contributed by atoms with van der Waals surface area (Å²) in [6.07, 6.45) is 1.66. The zero-order valence-corrected chi connectivity index (χ0v) is 10.9. The third kappa shape index (κ3) is 3.27. The van der Waals surface area contributed by atoms with Gasteiger partial charge in [0.1, 0.15) is 5.82 Å². The Morgan fingerprint density at radius 3 is 2.67 bits per heavy atom. The van der Waals surface area contributed by atoms with Gasteiger partial charge in [-0.1, -0.05) is 0 Å². The first-order chi connectivity index (χ1) is 8.66. The first kappa shape index (κ1) is 13.0. The Morgan fingerprint density at radius 2 is 2.11 bits per heavy atom. The highest BCUT2D eigenvalue weighted by molar-refractivity contribution is 5.97. The summed E-state index contributed by atoms with van der Waals surface area (Å²) in [4.78, 5) is 20.2. The van der Waals surface area contributed by atoms with Gasteiger partial charge in [-0.25, -0.2) is 4.98 Å². The number of aromatic nitrogens is 1. The number of rotatable bonds is 4. The molecule has 18 heavy (non-hydrogen) atoms. The molecule has 1 aliphatic heterocycles. The van der Waals surface area contributed by atoms with Gasteiger partial charge in [0.05, 0.1) is 19.8 Å². The van der Waals surface area contributed by atoms with E-state index < -0.39 is 0 Å². The minimum atomic E-state index is 0.0982. The molecular weight excluding hydrogens is 230 g/mol. The number of Topliss-reactive ketones (excluding diaryl/α,β-unsaturated/α-hetero) is 1. The molecule has 1 aromatic heterocycles. The molecule has 98 valence electrons. The van der Waals surface area contributed by atoms with Crippen LogP contribution in [0.3, 0.4) is 0 Å². The van der Waals surface area contributed by atoms with Crippen LogP contribution in [0.2, 0.25) is 0 Å². The van der Waals surface area contributed by atoms with Crippen LogP contribution in [0.15, 0.2) is 18.3 Å². The number of hydrogen-bond acceptors (Lipinski definition) is 5. The standard InChI is InChI=1S/C13H19N3O2/c1-15(2)10-12(17)11-3-4-13(14-9-11)16-5-7-18-8-6-16/h3-4,9H,5-8,10H2,1-2H3. The lowest BCUT2D eigenvalue weighted by molar-refractivity contribution is 0.0957. The first-order valence-electron chi connectivity index (χ1n) is 6.13. The predicted molar refractivity (Wildman–Crippen MR) is 70.2 cm³/mol. The minimum Gasteiger partial charge on any atom is -0.378 e. The molecule has 0 N–H and O–H groups in total. The third-order valence-electron chi connectivity index (χ3n) is 2.86. The van der Waals surface area contributed by atoms with E-state index in [9.17, 15) is 4.79 Å². The summed E-state index contributed by atoms with van der Waals surface area (Å²) in [6, 6.07) is 3.76. The molecule has 0 aromatic carbocycles. The van der Waals surface area contributed by atoms with E-state index in [2.05, 4.69) is 9.88 Å². The van der Waals surface area contributed by atoms with Crippen LogP contribution in [-0.2, 0) is 4.74 Å². The summed E-state index contributed by atoms with van der Waals surface area (Å²) in [6.45, 7) is 3.61. The van der Waals surface area contributed by atoms with E-state index in [0.29, 0.717) is 12.1 Å². The Kier molecular flexibility index (Phi) is 4.28. The molecular formula is C13H19N3O2. The summed E-state index contributed by atoms with van der Waals surface area (Å²) >= 11 is 0. The van der Waals surface area contributed by atoms with E-state index in [1.165, 1.54) is 0 Å². The van der Waals surface area contributed by atoms with Crippen LogP contribution in [0.4, 0.5) is 5.82 Å². The van der Waals surface area contributed by atoms with Crippen LogP contribution in [0, 0.1) is 0 Å². The fourth-order valence-corrected chi connectivity index (χ4v) is 1.91. The zero-order valence-electron chi connectivity index (χ0n) is 10.9. The number of morpholine rings is 1. The van der Waals surface area contributed by atoms with Crippen molar-refractivity contribution in [1.29, 1.82) is 0 Å². The van der Waals surface area contributed by atoms with Crippen LogP contribution in [0.5, 0.6) is 0 Å². The van der Waals surface area contributed by atoms with E-state index in [1.54, 1.807) is 6.20 Å². The van der Waals surface area contributed by atoms with Crippen LogP contribution in [-0.4, -0.2) is 62.6 Å². The number of nitrogens with zero attached hydrogens (tertiary/aromatic N) is 3. The summed E-state index contributed by atoms with van der Waals surface area (Å²) in [5.74, 6) is 1.01. The smallest absolute Gasteiger partial charge is 0.178 e. The van der Waals surface area contributed by atoms with Crippen LogP contribution >= 0.6 is 0 Å². The Bertz CT molecular complexity index is 397. The molecule has 0 atom stereocenters. The number of pyridine rings is 1. The van der Waals surface area contributed by atoms with Gasteiger partial charge in [0, 0.05) is 24.8 Å². The van der Waals surface area contributed by atoms with Gasteiger partial charge in [-0.3, -0.25) is 4.79 Å². The maximum atomic E-state index is 11.8. The summed E-state index contributed by atoms with van der Waals surface area (Å²) in [5.41, 5.74) is 0.667. The van der Waals surface area contributed by atoms with Crippen molar-refractivity contribution in [2.75, 3.05) is 51.8 Å². The molecule has 2 rings (SSSR count). The predicted octanol–water partition coefficient (Wildman–Crippen LogP) is 0.662. The molecule has 0 aliphatic carbocycles. The van der Waals surface area contributed by atoms with Gasteiger partial charge in [0.25, 0.3) is 0 Å². The highest BCUT2D eigenvalue weighted by atomic mass is 16.5. The topological polar surface area (TPSA) is 45.7 Å². The highest BCUT2D eigenvalue weighted by Gasteiger charge is 2.13. The monoisotopic (exact) mass is 249 g/mol. The van der Waals surface area contributed by atoms with Gasteiger partial charge in [0.15, 0.2) is 5.78 Å². The second-order valence-corrected chi connectivity index (χ2v) is 4.67. The normalized spacial score (nSPS) is 16.1. The van der Waals surface area contributed by atoms with Crippen molar-refractivity contribution in [1.82, 2.24) is 9.88 Å². The Balaban J connectivity index is 2.02. The zero-order chi connectivity index (χ0) is 13.0. The SMILES string of the molecule is CN(C)CC(=O)c1ccc(N2CCOCC2)nc1. The number of likely N-dealkylation sites (N-methyl/N-ethyl adjacent to an activating group) is 1. The molecule has 5 nitrogen and oxygen atoms in total. The molecule has 0 spiro atoms. The van der Waals surface area contributed by atoms with Crippen molar-refractivity contribution in [2.24, 2.45) is 0 Å². The van der Waals surface area contributed by atoms with Crippen molar-refractivity contribution in [3.05, 3.63) is 23.9 Å². The van der Waals surface area contributed by atoms with E-state index >= 15 is 0 Å². The molecule has 1 saturated heterocycles. The summed E-state index contributed by atoms with van der Waals surface area (Å²) < 4.78 is 5.30. The largest absolute Gasteiger partial charge is 0.378 e. The molecule has 0 bridgehead atoms. The maximum Gasteiger partial charge on any atom is 0.178 e. The van der Waals surface area contributed by atoms with Crippen molar-refractivity contribution in [3.8, 4) is 0 Å². The lowest BCUT2D eigenvalue weighted by Crippen LogP contribution is -2.36. The molecule has 1 aromatic rings. The molecule has 0 radical (unpaired) electrons. The number of hydrogen-bond donors (Lipinski definition) is 0. The second-order valence-electron chi connectivity index (χ2n) is 4.67. The Labute approximate surface area is 107 Å². The number of carbonyl (C=O) groups excluding carboxylic acids is 1. The van der Waals surface area contributed by atoms with Gasteiger partial charge in [-0.15, -0.1) is 0 Å². The van der Waals surface area contributed by atoms with E-state index in [0.717, 1.165) is 32.1 Å². The van der Waals surface area contributed by atoms with Crippen LogP contribution < -0.4 is 4.90 Å². The van der Waals surface area contributed by atoms with Crippen molar-refractivity contribution in [2.45, 2.75) is 0 Å². The molecule has 0 unspecified atom stereocenters. The van der Waals surface area contributed by atoms with E-state index in [1.807, 2.05) is 31.1 Å². The van der Waals surface area contributed by atoms with Crippen LogP contribution in [0.25, 0.3) is 0 Å². The average molecular weight is 249 g/mol. The average Bonchev–Trinajstić information content (AvgIpc) is 2.39. The highest BCUT2D eigenvalue weighted by Crippen LogP contribution is 2.13. The molecule has 1 aliphatic rings. The fourth-order valence-electron chi connectivity index (χ4n) is 1.91. The lowest BCUT2D eigenvalue weighted by atomic mass is 10.2.